The topological polar surface area (TPSA) is 82.8 Å². The van der Waals surface area contributed by atoms with Crippen molar-refractivity contribution in [2.75, 3.05) is 33.4 Å². The van der Waals surface area contributed by atoms with Crippen molar-refractivity contribution in [1.29, 1.82) is 0 Å². The minimum absolute atomic E-state index is 0.167. The Balaban J connectivity index is 2.59. The summed E-state index contributed by atoms with van der Waals surface area (Å²) >= 11 is 0. The Morgan fingerprint density at radius 1 is 1.23 bits per heavy atom. The van der Waals surface area contributed by atoms with Gasteiger partial charge in [-0.1, -0.05) is 6.07 Å². The SMILES string of the molecule is CCOc1ccc(CCNC(=O)C(CN)OC)cc1OCC. The maximum absolute atomic E-state index is 11.7. The number of carbonyl (C=O) groups excluding carboxylic acids is 1. The van der Waals surface area contributed by atoms with Crippen LogP contribution in [-0.2, 0) is 16.0 Å². The molecule has 1 aromatic carbocycles. The number of hydrogen-bond acceptors (Lipinski definition) is 5. The average molecular weight is 310 g/mol. The van der Waals surface area contributed by atoms with Gasteiger partial charge in [0.25, 0.3) is 0 Å². The molecule has 0 fully saturated rings. The first-order chi connectivity index (χ1) is 10.7. The molecule has 0 spiro atoms. The fourth-order valence-corrected chi connectivity index (χ4v) is 2.01. The van der Waals surface area contributed by atoms with E-state index in [1.165, 1.54) is 7.11 Å². The fraction of sp³-hybridized carbons (Fsp3) is 0.562. The molecule has 1 unspecified atom stereocenters. The molecule has 0 aliphatic heterocycles. The molecule has 1 rings (SSSR count). The molecule has 0 radical (unpaired) electrons. The van der Waals surface area contributed by atoms with Crippen LogP contribution < -0.4 is 20.5 Å². The van der Waals surface area contributed by atoms with Gasteiger partial charge in [-0.05, 0) is 38.0 Å². The molecule has 22 heavy (non-hydrogen) atoms. The van der Waals surface area contributed by atoms with E-state index in [2.05, 4.69) is 5.32 Å². The number of methoxy groups -OCH3 is 1. The first-order valence-corrected chi connectivity index (χ1v) is 7.55. The first-order valence-electron chi connectivity index (χ1n) is 7.55. The number of benzene rings is 1. The summed E-state index contributed by atoms with van der Waals surface area (Å²) in [6.45, 7) is 5.71. The molecule has 0 aliphatic rings. The van der Waals surface area contributed by atoms with Crippen molar-refractivity contribution in [3.63, 3.8) is 0 Å². The minimum atomic E-state index is -0.598. The van der Waals surface area contributed by atoms with Crippen molar-refractivity contribution in [2.24, 2.45) is 5.73 Å². The normalized spacial score (nSPS) is 11.8. The summed E-state index contributed by atoms with van der Waals surface area (Å²) in [5.41, 5.74) is 6.51. The Morgan fingerprint density at radius 2 is 1.91 bits per heavy atom. The van der Waals surface area contributed by atoms with Crippen molar-refractivity contribution in [3.8, 4) is 11.5 Å². The van der Waals surface area contributed by atoms with E-state index in [-0.39, 0.29) is 12.5 Å². The molecule has 1 amide bonds. The number of nitrogens with one attached hydrogen (secondary N) is 1. The smallest absolute Gasteiger partial charge is 0.250 e. The Hall–Kier alpha value is -1.79. The van der Waals surface area contributed by atoms with Crippen molar-refractivity contribution in [3.05, 3.63) is 23.8 Å². The van der Waals surface area contributed by atoms with Gasteiger partial charge < -0.3 is 25.3 Å². The lowest BCUT2D eigenvalue weighted by atomic mass is 10.1. The summed E-state index contributed by atoms with van der Waals surface area (Å²) in [5, 5.41) is 2.81. The van der Waals surface area contributed by atoms with Gasteiger partial charge in [-0.3, -0.25) is 4.79 Å². The van der Waals surface area contributed by atoms with E-state index in [4.69, 9.17) is 19.9 Å². The first kappa shape index (κ1) is 18.3. The Morgan fingerprint density at radius 3 is 2.50 bits per heavy atom. The van der Waals surface area contributed by atoms with Gasteiger partial charge in [0.2, 0.25) is 5.91 Å². The van der Waals surface area contributed by atoms with Gasteiger partial charge in [0.05, 0.1) is 13.2 Å². The lowest BCUT2D eigenvalue weighted by Gasteiger charge is -2.14. The van der Waals surface area contributed by atoms with Gasteiger partial charge in [-0.25, -0.2) is 0 Å². The molecule has 124 valence electrons. The number of nitrogens with two attached hydrogens (primary N) is 1. The summed E-state index contributed by atoms with van der Waals surface area (Å²) in [7, 11) is 1.47. The van der Waals surface area contributed by atoms with Gasteiger partial charge in [0, 0.05) is 20.2 Å². The zero-order valence-corrected chi connectivity index (χ0v) is 13.6. The molecule has 3 N–H and O–H groups in total. The molecule has 0 aliphatic carbocycles. The zero-order chi connectivity index (χ0) is 16.4. The maximum atomic E-state index is 11.7. The highest BCUT2D eigenvalue weighted by Gasteiger charge is 2.14. The number of ether oxygens (including phenoxy) is 3. The van der Waals surface area contributed by atoms with Gasteiger partial charge in [-0.15, -0.1) is 0 Å². The van der Waals surface area contributed by atoms with E-state index in [1.54, 1.807) is 0 Å². The summed E-state index contributed by atoms with van der Waals surface area (Å²) in [4.78, 5) is 11.7. The number of carbonyl (C=O) groups is 1. The molecule has 0 saturated carbocycles. The van der Waals surface area contributed by atoms with Crippen LogP contribution in [0.1, 0.15) is 19.4 Å². The molecular weight excluding hydrogens is 284 g/mol. The third kappa shape index (κ3) is 5.54. The van der Waals surface area contributed by atoms with Crippen LogP contribution in [0.25, 0.3) is 0 Å². The van der Waals surface area contributed by atoms with Crippen LogP contribution in [-0.4, -0.2) is 45.4 Å². The van der Waals surface area contributed by atoms with Gasteiger partial charge >= 0.3 is 0 Å². The van der Waals surface area contributed by atoms with E-state index in [0.29, 0.717) is 26.2 Å². The van der Waals surface area contributed by atoms with Crippen LogP contribution in [0.5, 0.6) is 11.5 Å². The summed E-state index contributed by atoms with van der Waals surface area (Å²) in [6.07, 6.45) is 0.0958. The van der Waals surface area contributed by atoms with E-state index in [0.717, 1.165) is 17.1 Å². The fourth-order valence-electron chi connectivity index (χ4n) is 2.01. The second-order valence-electron chi connectivity index (χ2n) is 4.65. The minimum Gasteiger partial charge on any atom is -0.490 e. The molecular formula is C16H26N2O4. The number of rotatable bonds is 10. The highest BCUT2D eigenvalue weighted by Crippen LogP contribution is 2.28. The summed E-state index contributed by atoms with van der Waals surface area (Å²) in [5.74, 6) is 1.27. The largest absolute Gasteiger partial charge is 0.490 e. The predicted molar refractivity (Wildman–Crippen MR) is 85.3 cm³/mol. The number of amides is 1. The van der Waals surface area contributed by atoms with Crippen LogP contribution in [0.4, 0.5) is 0 Å². The lowest BCUT2D eigenvalue weighted by Crippen LogP contribution is -2.41. The Labute approximate surface area is 131 Å². The van der Waals surface area contributed by atoms with Crippen molar-refractivity contribution < 1.29 is 19.0 Å². The monoisotopic (exact) mass is 310 g/mol. The van der Waals surface area contributed by atoms with Crippen LogP contribution in [0, 0.1) is 0 Å². The molecule has 0 aromatic heterocycles. The van der Waals surface area contributed by atoms with E-state index in [1.807, 2.05) is 32.0 Å². The highest BCUT2D eigenvalue weighted by atomic mass is 16.5. The summed E-state index contributed by atoms with van der Waals surface area (Å²) < 4.78 is 16.1. The molecule has 0 bridgehead atoms. The Kier molecular flexibility index (Phi) is 8.32. The molecule has 1 atom stereocenters. The maximum Gasteiger partial charge on any atom is 0.250 e. The van der Waals surface area contributed by atoms with E-state index in [9.17, 15) is 4.79 Å². The molecule has 6 nitrogen and oxygen atoms in total. The Bertz CT molecular complexity index is 461. The zero-order valence-electron chi connectivity index (χ0n) is 13.6. The third-order valence-corrected chi connectivity index (χ3v) is 3.11. The molecule has 1 aromatic rings. The van der Waals surface area contributed by atoms with Crippen LogP contribution in [0.15, 0.2) is 18.2 Å². The second kappa shape index (κ2) is 10.0. The molecule has 6 heteroatoms. The van der Waals surface area contributed by atoms with Crippen molar-refractivity contribution in [2.45, 2.75) is 26.4 Å². The van der Waals surface area contributed by atoms with Gasteiger partial charge in [0.1, 0.15) is 6.10 Å². The second-order valence-corrected chi connectivity index (χ2v) is 4.65. The highest BCUT2D eigenvalue weighted by molar-refractivity contribution is 5.80. The quantitative estimate of drug-likeness (QED) is 0.676. The van der Waals surface area contributed by atoms with E-state index >= 15 is 0 Å². The third-order valence-electron chi connectivity index (χ3n) is 3.11. The van der Waals surface area contributed by atoms with Crippen LogP contribution in [0.3, 0.4) is 0 Å². The summed E-state index contributed by atoms with van der Waals surface area (Å²) in [6, 6.07) is 5.80. The molecule has 0 heterocycles. The number of hydrogen-bond donors (Lipinski definition) is 2. The standard InChI is InChI=1S/C16H26N2O4/c1-4-21-13-7-6-12(10-14(13)22-5-2)8-9-18-16(19)15(11-17)20-3/h6-7,10,15H,4-5,8-9,11,17H2,1-3H3,(H,18,19). The van der Waals surface area contributed by atoms with Gasteiger partial charge in [0.15, 0.2) is 11.5 Å². The van der Waals surface area contributed by atoms with Crippen LogP contribution in [0.2, 0.25) is 0 Å². The van der Waals surface area contributed by atoms with Crippen molar-refractivity contribution in [1.82, 2.24) is 5.32 Å². The van der Waals surface area contributed by atoms with Gasteiger partial charge in [-0.2, -0.15) is 0 Å². The van der Waals surface area contributed by atoms with E-state index < -0.39 is 6.10 Å². The lowest BCUT2D eigenvalue weighted by molar-refractivity contribution is -0.130. The molecule has 0 saturated heterocycles. The predicted octanol–water partition coefficient (Wildman–Crippen LogP) is 1.12. The van der Waals surface area contributed by atoms with Crippen LogP contribution >= 0.6 is 0 Å². The van der Waals surface area contributed by atoms with Crippen molar-refractivity contribution >= 4 is 5.91 Å². The average Bonchev–Trinajstić information content (AvgIpc) is 2.51.